The maximum atomic E-state index is 11.3. The first-order chi connectivity index (χ1) is 9.85. The van der Waals surface area contributed by atoms with Crippen molar-refractivity contribution >= 4 is 5.97 Å². The molecule has 0 saturated heterocycles. The molecule has 1 atom stereocenters. The maximum absolute atomic E-state index is 11.3. The number of hydrogen-bond acceptors (Lipinski definition) is 3. The number of carbonyl (C=O) groups is 1. The molecule has 1 unspecified atom stereocenters. The molecule has 2 N–H and O–H groups in total. The van der Waals surface area contributed by atoms with Crippen molar-refractivity contribution in [2.75, 3.05) is 6.61 Å². The molecule has 21 heavy (non-hydrogen) atoms. The molecule has 1 aliphatic rings. The van der Waals surface area contributed by atoms with Crippen molar-refractivity contribution in [3.8, 4) is 5.75 Å². The average Bonchev–Trinajstić information content (AvgIpc) is 2.84. The van der Waals surface area contributed by atoms with Gasteiger partial charge < -0.3 is 15.2 Å². The highest BCUT2D eigenvalue weighted by Crippen LogP contribution is 2.26. The van der Waals surface area contributed by atoms with Crippen LogP contribution in [0.5, 0.6) is 5.75 Å². The summed E-state index contributed by atoms with van der Waals surface area (Å²) in [6, 6.07) is 5.59. The predicted octanol–water partition coefficient (Wildman–Crippen LogP) is 2.99. The van der Waals surface area contributed by atoms with Gasteiger partial charge in [-0.05, 0) is 35.4 Å². The van der Waals surface area contributed by atoms with Gasteiger partial charge in [-0.2, -0.15) is 0 Å². The highest BCUT2D eigenvalue weighted by atomic mass is 16.5. The standard InChI is InChI=1S/C17H25NO3/c1-17(2,3)8-6-14(16(19)20)18-11-12-4-5-15-13(10-12)7-9-21-15/h4-5,10,14,18H,6-9,11H2,1-3H3,(H,19,20). The SMILES string of the molecule is CC(C)(C)CCC(NCc1ccc2c(c1)CCO2)C(=O)O. The van der Waals surface area contributed by atoms with Gasteiger partial charge in [0.05, 0.1) is 6.61 Å². The van der Waals surface area contributed by atoms with Gasteiger partial charge in [-0.25, -0.2) is 0 Å². The Morgan fingerprint density at radius 3 is 2.86 bits per heavy atom. The molecule has 0 fully saturated rings. The first kappa shape index (κ1) is 15.8. The quantitative estimate of drug-likeness (QED) is 0.846. The van der Waals surface area contributed by atoms with Crippen molar-refractivity contribution < 1.29 is 14.6 Å². The lowest BCUT2D eigenvalue weighted by Gasteiger charge is -2.21. The van der Waals surface area contributed by atoms with Gasteiger partial charge in [0.25, 0.3) is 0 Å². The second kappa shape index (κ2) is 6.48. The topological polar surface area (TPSA) is 58.6 Å². The zero-order valence-corrected chi connectivity index (χ0v) is 13.1. The summed E-state index contributed by atoms with van der Waals surface area (Å²) in [5.74, 6) is 0.185. The zero-order chi connectivity index (χ0) is 15.5. The van der Waals surface area contributed by atoms with Gasteiger partial charge in [0, 0.05) is 13.0 Å². The Balaban J connectivity index is 1.91. The summed E-state index contributed by atoms with van der Waals surface area (Å²) >= 11 is 0. The molecule has 0 aromatic heterocycles. The highest BCUT2D eigenvalue weighted by molar-refractivity contribution is 5.73. The molecule has 4 nitrogen and oxygen atoms in total. The number of rotatable bonds is 6. The number of carboxylic acids is 1. The molecule has 1 heterocycles. The molecule has 0 saturated carbocycles. The van der Waals surface area contributed by atoms with Crippen LogP contribution in [0.1, 0.15) is 44.7 Å². The second-order valence-electron chi connectivity index (χ2n) is 6.91. The lowest BCUT2D eigenvalue weighted by Crippen LogP contribution is -2.37. The van der Waals surface area contributed by atoms with Gasteiger partial charge >= 0.3 is 5.97 Å². The Hall–Kier alpha value is -1.55. The number of fused-ring (bicyclic) bond motifs is 1. The van der Waals surface area contributed by atoms with Crippen LogP contribution in [-0.4, -0.2) is 23.7 Å². The van der Waals surface area contributed by atoms with E-state index in [4.69, 9.17) is 4.74 Å². The predicted molar refractivity (Wildman–Crippen MR) is 82.6 cm³/mol. The van der Waals surface area contributed by atoms with Gasteiger partial charge in [0.15, 0.2) is 0 Å². The van der Waals surface area contributed by atoms with Crippen molar-refractivity contribution in [1.29, 1.82) is 0 Å². The fourth-order valence-corrected chi connectivity index (χ4v) is 2.48. The summed E-state index contributed by atoms with van der Waals surface area (Å²) in [7, 11) is 0. The Labute approximate surface area is 126 Å². The fraction of sp³-hybridized carbons (Fsp3) is 0.588. The van der Waals surface area contributed by atoms with E-state index in [-0.39, 0.29) is 5.41 Å². The second-order valence-corrected chi connectivity index (χ2v) is 6.91. The van der Waals surface area contributed by atoms with Crippen LogP contribution >= 0.6 is 0 Å². The highest BCUT2D eigenvalue weighted by Gasteiger charge is 2.20. The average molecular weight is 291 g/mol. The number of ether oxygens (including phenoxy) is 1. The summed E-state index contributed by atoms with van der Waals surface area (Å²) in [5.41, 5.74) is 2.48. The molecular formula is C17H25NO3. The Kier molecular flexibility index (Phi) is 4.88. The van der Waals surface area contributed by atoms with E-state index in [1.807, 2.05) is 12.1 Å². The summed E-state index contributed by atoms with van der Waals surface area (Å²) in [5, 5.41) is 12.5. The number of nitrogens with one attached hydrogen (secondary N) is 1. The van der Waals surface area contributed by atoms with Crippen molar-refractivity contribution in [3.05, 3.63) is 29.3 Å². The van der Waals surface area contributed by atoms with Crippen LogP contribution < -0.4 is 10.1 Å². The van der Waals surface area contributed by atoms with Crippen molar-refractivity contribution in [2.45, 2.75) is 52.6 Å². The molecule has 0 aliphatic carbocycles. The minimum Gasteiger partial charge on any atom is -0.493 e. The summed E-state index contributed by atoms with van der Waals surface area (Å²) < 4.78 is 5.48. The largest absolute Gasteiger partial charge is 0.493 e. The molecule has 116 valence electrons. The van der Waals surface area contributed by atoms with Crippen LogP contribution in [0.4, 0.5) is 0 Å². The molecule has 4 heteroatoms. The fourth-order valence-electron chi connectivity index (χ4n) is 2.48. The lowest BCUT2D eigenvalue weighted by atomic mass is 9.88. The van der Waals surface area contributed by atoms with Crippen LogP contribution in [0.25, 0.3) is 0 Å². The first-order valence-corrected chi connectivity index (χ1v) is 7.56. The van der Waals surface area contributed by atoms with E-state index in [0.717, 1.165) is 30.8 Å². The van der Waals surface area contributed by atoms with E-state index in [2.05, 4.69) is 32.2 Å². The van der Waals surface area contributed by atoms with Crippen molar-refractivity contribution in [3.63, 3.8) is 0 Å². The summed E-state index contributed by atoms with van der Waals surface area (Å²) in [4.78, 5) is 11.3. The van der Waals surface area contributed by atoms with E-state index >= 15 is 0 Å². The van der Waals surface area contributed by atoms with Crippen LogP contribution in [0, 0.1) is 5.41 Å². The van der Waals surface area contributed by atoms with Crippen LogP contribution in [0.15, 0.2) is 18.2 Å². The molecular weight excluding hydrogens is 266 g/mol. The van der Waals surface area contributed by atoms with Crippen molar-refractivity contribution in [1.82, 2.24) is 5.32 Å². The number of hydrogen-bond donors (Lipinski definition) is 2. The lowest BCUT2D eigenvalue weighted by molar-refractivity contribution is -0.139. The minimum absolute atomic E-state index is 0.153. The Morgan fingerprint density at radius 2 is 2.19 bits per heavy atom. The molecule has 2 rings (SSSR count). The summed E-state index contributed by atoms with van der Waals surface area (Å²) in [6.45, 7) is 7.72. The van der Waals surface area contributed by atoms with E-state index in [1.54, 1.807) is 0 Å². The van der Waals surface area contributed by atoms with E-state index in [1.165, 1.54) is 5.56 Å². The van der Waals surface area contributed by atoms with Gasteiger partial charge in [0.2, 0.25) is 0 Å². The third kappa shape index (κ3) is 4.74. The van der Waals surface area contributed by atoms with Gasteiger partial charge in [-0.3, -0.25) is 4.79 Å². The Morgan fingerprint density at radius 1 is 1.43 bits per heavy atom. The molecule has 0 amide bonds. The first-order valence-electron chi connectivity index (χ1n) is 7.56. The van der Waals surface area contributed by atoms with E-state index in [9.17, 15) is 9.90 Å². The Bertz CT molecular complexity index is 505. The maximum Gasteiger partial charge on any atom is 0.320 e. The third-order valence-electron chi connectivity index (χ3n) is 3.79. The summed E-state index contributed by atoms with van der Waals surface area (Å²) in [6.07, 6.45) is 2.47. The van der Waals surface area contributed by atoms with E-state index < -0.39 is 12.0 Å². The van der Waals surface area contributed by atoms with E-state index in [0.29, 0.717) is 13.0 Å². The van der Waals surface area contributed by atoms with Crippen LogP contribution in [-0.2, 0) is 17.8 Å². The molecule has 1 aromatic rings. The van der Waals surface area contributed by atoms with Crippen LogP contribution in [0.3, 0.4) is 0 Å². The smallest absolute Gasteiger partial charge is 0.320 e. The molecule has 0 bridgehead atoms. The van der Waals surface area contributed by atoms with Crippen molar-refractivity contribution in [2.24, 2.45) is 5.41 Å². The third-order valence-corrected chi connectivity index (χ3v) is 3.79. The number of aliphatic carboxylic acids is 1. The normalized spacial score (nSPS) is 15.4. The zero-order valence-electron chi connectivity index (χ0n) is 13.1. The monoisotopic (exact) mass is 291 g/mol. The van der Waals surface area contributed by atoms with Gasteiger partial charge in [-0.15, -0.1) is 0 Å². The molecule has 0 spiro atoms. The van der Waals surface area contributed by atoms with Gasteiger partial charge in [-0.1, -0.05) is 32.9 Å². The number of carboxylic acid groups (broad SMARTS) is 1. The molecule has 1 aromatic carbocycles. The molecule has 1 aliphatic heterocycles. The molecule has 0 radical (unpaired) electrons. The minimum atomic E-state index is -0.774. The number of benzene rings is 1. The van der Waals surface area contributed by atoms with Gasteiger partial charge in [0.1, 0.15) is 11.8 Å². The van der Waals surface area contributed by atoms with Crippen LogP contribution in [0.2, 0.25) is 0 Å².